The largest absolute Gasteiger partial charge is 0.462 e. The Kier molecular flexibility index (Phi) is 43.3. The molecule has 0 amide bonds. The van der Waals surface area contributed by atoms with Gasteiger partial charge >= 0.3 is 17.9 Å². The van der Waals surface area contributed by atoms with E-state index < -0.39 is 6.10 Å². The van der Waals surface area contributed by atoms with Gasteiger partial charge in [0.25, 0.3) is 0 Å². The SMILES string of the molecule is CC(C)CCCCCCCCCCCCCC(=O)OC[C@@H](COC(=O)CCCCCCCCCCCCC(C)C)OC(=O)CCCCCCCCCCCCCC(C)C. The number of rotatable bonds is 46. The van der Waals surface area contributed by atoms with Gasteiger partial charge in [0.1, 0.15) is 13.2 Å². The van der Waals surface area contributed by atoms with E-state index in [0.717, 1.165) is 75.5 Å². The third-order valence-corrected chi connectivity index (χ3v) is 11.9. The molecule has 0 saturated carbocycles. The highest BCUT2D eigenvalue weighted by Gasteiger charge is 2.19. The maximum atomic E-state index is 12.8. The van der Waals surface area contributed by atoms with Crippen LogP contribution in [0, 0.1) is 17.8 Å². The number of carbonyl (C=O) groups is 3. The maximum absolute atomic E-state index is 12.8. The fraction of sp³-hybridized carbons (Fsp3) is 0.943. The third-order valence-electron chi connectivity index (χ3n) is 11.9. The van der Waals surface area contributed by atoms with Crippen molar-refractivity contribution in [3.8, 4) is 0 Å². The lowest BCUT2D eigenvalue weighted by atomic mass is 10.0. The number of ether oxygens (including phenoxy) is 3. The van der Waals surface area contributed by atoms with E-state index in [4.69, 9.17) is 14.2 Å². The van der Waals surface area contributed by atoms with Gasteiger partial charge in [-0.25, -0.2) is 0 Å². The van der Waals surface area contributed by atoms with E-state index in [2.05, 4.69) is 41.5 Å². The Morgan fingerprint density at radius 1 is 0.288 bits per heavy atom. The standard InChI is InChI=1S/C53H102O6/c1-47(2)39-33-27-21-15-9-7-11-18-24-30-36-42-51(54)57-45-50(46-58-52(55)43-37-31-25-19-14-13-17-23-29-35-41-49(5)6)59-53(56)44-38-32-26-20-12-8-10-16-22-28-34-40-48(3)4/h47-50H,7-46H2,1-6H3/t50-/m0/s1. The van der Waals surface area contributed by atoms with Crippen molar-refractivity contribution in [3.63, 3.8) is 0 Å². The molecule has 6 nitrogen and oxygen atoms in total. The van der Waals surface area contributed by atoms with Gasteiger partial charge in [0.15, 0.2) is 6.10 Å². The van der Waals surface area contributed by atoms with Crippen molar-refractivity contribution in [3.05, 3.63) is 0 Å². The van der Waals surface area contributed by atoms with Gasteiger partial charge in [-0.1, -0.05) is 247 Å². The van der Waals surface area contributed by atoms with Gasteiger partial charge in [-0.15, -0.1) is 0 Å². The number of esters is 3. The summed E-state index contributed by atoms with van der Waals surface area (Å²) in [7, 11) is 0. The zero-order chi connectivity index (χ0) is 43.4. The Balaban J connectivity index is 4.33. The molecule has 0 fully saturated rings. The van der Waals surface area contributed by atoms with E-state index in [1.54, 1.807) is 0 Å². The molecule has 0 aliphatic carbocycles. The first-order chi connectivity index (χ1) is 28.6. The predicted octanol–water partition coefficient (Wildman–Crippen LogP) is 16.8. The highest BCUT2D eigenvalue weighted by molar-refractivity contribution is 5.71. The van der Waals surface area contributed by atoms with Crippen LogP contribution in [0.15, 0.2) is 0 Å². The summed E-state index contributed by atoms with van der Waals surface area (Å²) in [5.74, 6) is 1.62. The monoisotopic (exact) mass is 835 g/mol. The zero-order valence-electron chi connectivity index (χ0n) is 40.5. The Morgan fingerprint density at radius 2 is 0.492 bits per heavy atom. The minimum atomic E-state index is -0.763. The second kappa shape index (κ2) is 44.5. The van der Waals surface area contributed by atoms with E-state index in [1.807, 2.05) is 0 Å². The molecule has 1 atom stereocenters. The first kappa shape index (κ1) is 57.4. The van der Waals surface area contributed by atoms with Crippen LogP contribution in [-0.4, -0.2) is 37.2 Å². The molecule has 0 unspecified atom stereocenters. The molecule has 0 aliphatic rings. The van der Waals surface area contributed by atoms with Crippen LogP contribution in [0.1, 0.15) is 286 Å². The predicted molar refractivity (Wildman–Crippen MR) is 252 cm³/mol. The summed E-state index contributed by atoms with van der Waals surface area (Å²) in [6, 6.07) is 0. The number of hydrogen-bond acceptors (Lipinski definition) is 6. The lowest BCUT2D eigenvalue weighted by Gasteiger charge is -2.18. The zero-order valence-corrected chi connectivity index (χ0v) is 40.5. The highest BCUT2D eigenvalue weighted by atomic mass is 16.6. The molecule has 0 bridgehead atoms. The van der Waals surface area contributed by atoms with Crippen LogP contribution in [0.2, 0.25) is 0 Å². The molecule has 0 rings (SSSR count). The van der Waals surface area contributed by atoms with Crippen molar-refractivity contribution in [2.45, 2.75) is 292 Å². The summed E-state index contributed by atoms with van der Waals surface area (Å²) in [4.78, 5) is 38.0. The van der Waals surface area contributed by atoms with E-state index in [9.17, 15) is 14.4 Å². The summed E-state index contributed by atoms with van der Waals surface area (Å²) in [5, 5.41) is 0. The van der Waals surface area contributed by atoms with Gasteiger partial charge in [0.2, 0.25) is 0 Å². The summed E-state index contributed by atoms with van der Waals surface area (Å²) < 4.78 is 16.8. The van der Waals surface area contributed by atoms with E-state index in [-0.39, 0.29) is 31.1 Å². The molecular formula is C53H102O6. The lowest BCUT2D eigenvalue weighted by molar-refractivity contribution is -0.167. The van der Waals surface area contributed by atoms with Gasteiger partial charge in [-0.2, -0.15) is 0 Å². The third kappa shape index (κ3) is 47.3. The van der Waals surface area contributed by atoms with Crippen molar-refractivity contribution in [2.24, 2.45) is 17.8 Å². The summed E-state index contributed by atoms with van der Waals surface area (Å²) >= 11 is 0. The Hall–Kier alpha value is -1.59. The molecule has 0 aromatic carbocycles. The molecule has 0 spiro atoms. The lowest BCUT2D eigenvalue weighted by Crippen LogP contribution is -2.30. The van der Waals surface area contributed by atoms with Crippen molar-refractivity contribution < 1.29 is 28.6 Å². The van der Waals surface area contributed by atoms with Crippen LogP contribution in [0.5, 0.6) is 0 Å². The summed E-state index contributed by atoms with van der Waals surface area (Å²) in [5.41, 5.74) is 0. The minimum Gasteiger partial charge on any atom is -0.462 e. The van der Waals surface area contributed by atoms with Gasteiger partial charge in [-0.3, -0.25) is 14.4 Å². The topological polar surface area (TPSA) is 78.9 Å². The quantitative estimate of drug-likeness (QED) is 0.0345. The van der Waals surface area contributed by atoms with Gasteiger partial charge in [-0.05, 0) is 37.0 Å². The van der Waals surface area contributed by atoms with Gasteiger partial charge in [0.05, 0.1) is 0 Å². The minimum absolute atomic E-state index is 0.0647. The Bertz CT molecular complexity index is 914. The Morgan fingerprint density at radius 3 is 0.729 bits per heavy atom. The smallest absolute Gasteiger partial charge is 0.306 e. The first-order valence-electron chi connectivity index (χ1n) is 26.1. The van der Waals surface area contributed by atoms with Gasteiger partial charge in [0, 0.05) is 19.3 Å². The molecule has 0 heterocycles. The summed E-state index contributed by atoms with van der Waals surface area (Å²) in [6.07, 6.45) is 43.7. The van der Waals surface area contributed by atoms with Gasteiger partial charge < -0.3 is 14.2 Å². The normalized spacial score (nSPS) is 12.2. The van der Waals surface area contributed by atoms with Crippen LogP contribution in [0.4, 0.5) is 0 Å². The number of carbonyl (C=O) groups excluding carboxylic acids is 3. The number of unbranched alkanes of at least 4 members (excludes halogenated alkanes) is 29. The van der Waals surface area contributed by atoms with Crippen molar-refractivity contribution >= 4 is 17.9 Å². The van der Waals surface area contributed by atoms with E-state index in [1.165, 1.54) is 167 Å². The van der Waals surface area contributed by atoms with Crippen LogP contribution >= 0.6 is 0 Å². The number of hydrogen-bond donors (Lipinski definition) is 0. The molecule has 0 radical (unpaired) electrons. The van der Waals surface area contributed by atoms with Crippen LogP contribution in [0.25, 0.3) is 0 Å². The molecular weight excluding hydrogens is 733 g/mol. The van der Waals surface area contributed by atoms with Crippen LogP contribution < -0.4 is 0 Å². The highest BCUT2D eigenvalue weighted by Crippen LogP contribution is 2.18. The average molecular weight is 835 g/mol. The molecule has 0 aliphatic heterocycles. The molecule has 0 saturated heterocycles. The van der Waals surface area contributed by atoms with E-state index in [0.29, 0.717) is 19.3 Å². The van der Waals surface area contributed by atoms with Crippen molar-refractivity contribution in [2.75, 3.05) is 13.2 Å². The second-order valence-electron chi connectivity index (χ2n) is 19.6. The van der Waals surface area contributed by atoms with Crippen LogP contribution in [-0.2, 0) is 28.6 Å². The molecule has 0 N–H and O–H groups in total. The molecule has 6 heteroatoms. The second-order valence-corrected chi connectivity index (χ2v) is 19.6. The molecule has 0 aromatic heterocycles. The van der Waals surface area contributed by atoms with Crippen LogP contribution in [0.3, 0.4) is 0 Å². The fourth-order valence-corrected chi connectivity index (χ4v) is 7.94. The first-order valence-corrected chi connectivity index (χ1v) is 26.1. The molecule has 0 aromatic rings. The fourth-order valence-electron chi connectivity index (χ4n) is 7.94. The molecule has 350 valence electrons. The molecule has 59 heavy (non-hydrogen) atoms. The van der Waals surface area contributed by atoms with Crippen molar-refractivity contribution in [1.29, 1.82) is 0 Å². The Labute approximate surface area is 368 Å². The summed E-state index contributed by atoms with van der Waals surface area (Å²) in [6.45, 7) is 13.7. The van der Waals surface area contributed by atoms with Crippen molar-refractivity contribution in [1.82, 2.24) is 0 Å². The van der Waals surface area contributed by atoms with E-state index >= 15 is 0 Å². The average Bonchev–Trinajstić information content (AvgIpc) is 3.19. The maximum Gasteiger partial charge on any atom is 0.306 e.